The Balaban J connectivity index is 2.85. The summed E-state index contributed by atoms with van der Waals surface area (Å²) in [6.45, 7) is 0. The van der Waals surface area contributed by atoms with Gasteiger partial charge in [-0.25, -0.2) is 4.98 Å². The fraction of sp³-hybridized carbons (Fsp3) is 0.250. The van der Waals surface area contributed by atoms with Crippen molar-refractivity contribution in [1.82, 2.24) is 9.97 Å². The number of aromatic nitrogens is 2. The molecule has 0 aliphatic rings. The molecule has 13 heavy (non-hydrogen) atoms. The molecule has 1 heterocycles. The van der Waals surface area contributed by atoms with E-state index in [1.54, 1.807) is 0 Å². The first-order valence-corrected chi connectivity index (χ1v) is 5.07. The molecule has 1 aromatic heterocycles. The van der Waals surface area contributed by atoms with Crippen molar-refractivity contribution in [2.45, 2.75) is 6.42 Å². The minimum atomic E-state index is 0.163. The monoisotopic (exact) mass is 259 g/mol. The van der Waals surface area contributed by atoms with Gasteiger partial charge in [0.2, 0.25) is 5.95 Å². The Morgan fingerprint density at radius 2 is 2.38 bits per heavy atom. The van der Waals surface area contributed by atoms with E-state index in [2.05, 4.69) is 37.7 Å². The molecule has 0 radical (unpaired) electrons. The van der Waals surface area contributed by atoms with Crippen LogP contribution in [-0.4, -0.2) is 15.3 Å². The van der Waals surface area contributed by atoms with Gasteiger partial charge in [0.1, 0.15) is 5.15 Å². The molecule has 0 saturated carbocycles. The third-order valence-corrected chi connectivity index (χ3v) is 1.89. The summed E-state index contributed by atoms with van der Waals surface area (Å²) in [5.41, 5.74) is 5.93. The van der Waals surface area contributed by atoms with E-state index in [0.29, 0.717) is 10.7 Å². The number of rotatable bonds is 1. The second kappa shape index (κ2) is 5.05. The van der Waals surface area contributed by atoms with Crippen molar-refractivity contribution in [3.05, 3.63) is 16.9 Å². The molecule has 0 amide bonds. The van der Waals surface area contributed by atoms with Crippen LogP contribution < -0.4 is 5.73 Å². The molecule has 1 rings (SSSR count). The summed E-state index contributed by atoms with van der Waals surface area (Å²) in [6.07, 6.45) is 2.28. The Kier molecular flexibility index (Phi) is 4.00. The highest BCUT2D eigenvalue weighted by molar-refractivity contribution is 9.09. The topological polar surface area (TPSA) is 51.8 Å². The number of nitrogen functional groups attached to an aromatic ring is 1. The van der Waals surface area contributed by atoms with Gasteiger partial charge >= 0.3 is 0 Å². The van der Waals surface area contributed by atoms with Gasteiger partial charge in [-0.3, -0.25) is 0 Å². The normalized spacial score (nSPS) is 9.08. The van der Waals surface area contributed by atoms with Crippen molar-refractivity contribution in [1.29, 1.82) is 0 Å². The average Bonchev–Trinajstić information content (AvgIpc) is 2.09. The number of nitrogens with two attached hydrogens (primary N) is 1. The van der Waals surface area contributed by atoms with Crippen LogP contribution in [0, 0.1) is 11.8 Å². The molecular formula is C8H7BrClN3. The zero-order chi connectivity index (χ0) is 9.68. The molecule has 5 heteroatoms. The fourth-order valence-electron chi connectivity index (χ4n) is 0.662. The lowest BCUT2D eigenvalue weighted by molar-refractivity contribution is 1.17. The quantitative estimate of drug-likeness (QED) is 0.476. The second-order valence-corrected chi connectivity index (χ2v) is 3.32. The molecule has 0 bridgehead atoms. The summed E-state index contributed by atoms with van der Waals surface area (Å²) in [6, 6.07) is 0. The molecule has 0 unspecified atom stereocenters. The third-order valence-electron chi connectivity index (χ3n) is 1.20. The fourth-order valence-corrected chi connectivity index (χ4v) is 1.04. The highest BCUT2D eigenvalue weighted by Gasteiger charge is 1.98. The van der Waals surface area contributed by atoms with E-state index in [-0.39, 0.29) is 5.95 Å². The number of hydrogen-bond donors (Lipinski definition) is 1. The first kappa shape index (κ1) is 10.3. The maximum Gasteiger partial charge on any atom is 0.221 e. The highest BCUT2D eigenvalue weighted by Crippen LogP contribution is 2.10. The molecule has 0 aromatic carbocycles. The van der Waals surface area contributed by atoms with E-state index in [0.717, 1.165) is 11.8 Å². The third kappa shape index (κ3) is 3.21. The highest BCUT2D eigenvalue weighted by atomic mass is 79.9. The largest absolute Gasteiger partial charge is 0.368 e. The molecular weight excluding hydrogens is 253 g/mol. The number of halogens is 2. The van der Waals surface area contributed by atoms with Crippen LogP contribution in [0.3, 0.4) is 0 Å². The van der Waals surface area contributed by atoms with Gasteiger partial charge in [0, 0.05) is 17.9 Å². The Labute approximate surface area is 89.8 Å². The van der Waals surface area contributed by atoms with E-state index in [4.69, 9.17) is 17.3 Å². The van der Waals surface area contributed by atoms with Crippen LogP contribution in [-0.2, 0) is 0 Å². The predicted molar refractivity (Wildman–Crippen MR) is 56.7 cm³/mol. The first-order valence-electron chi connectivity index (χ1n) is 3.57. The van der Waals surface area contributed by atoms with Crippen LogP contribution in [0.2, 0.25) is 5.15 Å². The van der Waals surface area contributed by atoms with E-state index in [1.165, 1.54) is 6.20 Å². The van der Waals surface area contributed by atoms with Crippen LogP contribution in [0.4, 0.5) is 5.95 Å². The summed E-state index contributed by atoms with van der Waals surface area (Å²) < 4.78 is 0. The van der Waals surface area contributed by atoms with Gasteiger partial charge in [0.15, 0.2) is 0 Å². The van der Waals surface area contributed by atoms with Crippen LogP contribution in [0.1, 0.15) is 12.0 Å². The van der Waals surface area contributed by atoms with Gasteiger partial charge in [-0.1, -0.05) is 39.4 Å². The van der Waals surface area contributed by atoms with Crippen LogP contribution in [0.15, 0.2) is 6.20 Å². The van der Waals surface area contributed by atoms with Crippen molar-refractivity contribution in [3.63, 3.8) is 0 Å². The van der Waals surface area contributed by atoms with Crippen LogP contribution >= 0.6 is 27.5 Å². The zero-order valence-corrected chi connectivity index (χ0v) is 9.06. The Bertz CT molecular complexity index is 356. The van der Waals surface area contributed by atoms with E-state index in [1.807, 2.05) is 0 Å². The Morgan fingerprint density at radius 3 is 3.00 bits per heavy atom. The molecule has 0 atom stereocenters. The van der Waals surface area contributed by atoms with E-state index >= 15 is 0 Å². The number of anilines is 1. The van der Waals surface area contributed by atoms with Crippen molar-refractivity contribution in [3.8, 4) is 11.8 Å². The summed E-state index contributed by atoms with van der Waals surface area (Å²) in [4.78, 5) is 7.56. The van der Waals surface area contributed by atoms with Crippen molar-refractivity contribution in [2.24, 2.45) is 0 Å². The second-order valence-electron chi connectivity index (χ2n) is 2.17. The Hall–Kier alpha value is -0.790. The predicted octanol–water partition coefficient (Wildman–Crippen LogP) is 1.85. The lowest BCUT2D eigenvalue weighted by Crippen LogP contribution is -1.95. The maximum atomic E-state index is 5.76. The van der Waals surface area contributed by atoms with Gasteiger partial charge in [-0.2, -0.15) is 4.98 Å². The van der Waals surface area contributed by atoms with Gasteiger partial charge in [0.25, 0.3) is 0 Å². The molecule has 0 spiro atoms. The standard InChI is InChI=1S/C8H7BrClN3/c9-4-2-1-3-6-5-12-8(11)13-7(6)10/h5H,2,4H2,(H2,11,12,13). The van der Waals surface area contributed by atoms with Crippen molar-refractivity contribution >= 4 is 33.5 Å². The molecule has 2 N–H and O–H groups in total. The molecule has 0 aliphatic heterocycles. The average molecular weight is 261 g/mol. The van der Waals surface area contributed by atoms with Crippen LogP contribution in [0.25, 0.3) is 0 Å². The first-order chi connectivity index (χ1) is 6.24. The molecule has 3 nitrogen and oxygen atoms in total. The van der Waals surface area contributed by atoms with Crippen molar-refractivity contribution in [2.75, 3.05) is 11.1 Å². The summed E-state index contributed by atoms with van der Waals surface area (Å²) >= 11 is 9.03. The van der Waals surface area contributed by atoms with Crippen molar-refractivity contribution < 1.29 is 0 Å². The SMILES string of the molecule is Nc1ncc(C#CCCBr)c(Cl)n1. The van der Waals surface area contributed by atoms with Gasteiger partial charge < -0.3 is 5.73 Å². The van der Waals surface area contributed by atoms with Gasteiger partial charge in [-0.15, -0.1) is 0 Å². The molecule has 1 aromatic rings. The number of hydrogen-bond acceptors (Lipinski definition) is 3. The summed E-state index contributed by atoms with van der Waals surface area (Å²) in [5, 5.41) is 1.14. The zero-order valence-electron chi connectivity index (χ0n) is 6.72. The van der Waals surface area contributed by atoms with E-state index in [9.17, 15) is 0 Å². The minimum absolute atomic E-state index is 0.163. The molecule has 68 valence electrons. The van der Waals surface area contributed by atoms with Gasteiger partial charge in [0.05, 0.1) is 5.56 Å². The van der Waals surface area contributed by atoms with Crippen LogP contribution in [0.5, 0.6) is 0 Å². The summed E-state index contributed by atoms with van der Waals surface area (Å²) in [5.74, 6) is 5.92. The Morgan fingerprint density at radius 1 is 1.62 bits per heavy atom. The smallest absolute Gasteiger partial charge is 0.221 e. The lowest BCUT2D eigenvalue weighted by Gasteiger charge is -1.94. The maximum absolute atomic E-state index is 5.76. The van der Waals surface area contributed by atoms with Gasteiger partial charge in [-0.05, 0) is 0 Å². The van der Waals surface area contributed by atoms with E-state index < -0.39 is 0 Å². The number of nitrogens with zero attached hydrogens (tertiary/aromatic N) is 2. The molecule has 0 fully saturated rings. The minimum Gasteiger partial charge on any atom is -0.368 e. The molecule has 0 aliphatic carbocycles. The summed E-state index contributed by atoms with van der Waals surface area (Å²) in [7, 11) is 0. The lowest BCUT2D eigenvalue weighted by atomic mass is 10.3. The number of alkyl halides is 1. The molecule has 0 saturated heterocycles.